The van der Waals surface area contributed by atoms with E-state index in [2.05, 4.69) is 24.4 Å². The largest absolute Gasteiger partial charge is 0.497 e. The smallest absolute Gasteiger partial charge is 0.118 e. The van der Waals surface area contributed by atoms with Crippen molar-refractivity contribution < 1.29 is 9.84 Å². The van der Waals surface area contributed by atoms with E-state index >= 15 is 0 Å². The zero-order chi connectivity index (χ0) is 15.2. The number of hydrogen-bond donors (Lipinski definition) is 2. The van der Waals surface area contributed by atoms with Crippen molar-refractivity contribution in [2.75, 3.05) is 34.3 Å². The molecule has 1 aromatic rings. The van der Waals surface area contributed by atoms with Crippen LogP contribution < -0.4 is 10.1 Å². The fourth-order valence-electron chi connectivity index (χ4n) is 2.41. The van der Waals surface area contributed by atoms with Crippen LogP contribution in [0.25, 0.3) is 0 Å². The van der Waals surface area contributed by atoms with Gasteiger partial charge in [-0.05, 0) is 45.1 Å². The first-order valence-corrected chi connectivity index (χ1v) is 7.12. The Kier molecular flexibility index (Phi) is 6.46. The van der Waals surface area contributed by atoms with Crippen molar-refractivity contribution in [3.63, 3.8) is 0 Å². The highest BCUT2D eigenvalue weighted by molar-refractivity contribution is 5.29. The third kappa shape index (κ3) is 5.49. The second kappa shape index (κ2) is 7.62. The van der Waals surface area contributed by atoms with Crippen LogP contribution in [0.2, 0.25) is 0 Å². The van der Waals surface area contributed by atoms with Crippen molar-refractivity contribution in [2.45, 2.75) is 31.9 Å². The summed E-state index contributed by atoms with van der Waals surface area (Å²) >= 11 is 0. The van der Waals surface area contributed by atoms with Crippen molar-refractivity contribution in [2.24, 2.45) is 0 Å². The predicted molar refractivity (Wildman–Crippen MR) is 83.2 cm³/mol. The van der Waals surface area contributed by atoms with Crippen molar-refractivity contribution in [3.8, 4) is 5.75 Å². The second-order valence-electron chi connectivity index (χ2n) is 5.85. The molecule has 1 rings (SSSR count). The summed E-state index contributed by atoms with van der Waals surface area (Å²) in [5, 5.41) is 13.8. The first kappa shape index (κ1) is 17.0. The van der Waals surface area contributed by atoms with Crippen LogP contribution in [0.1, 0.15) is 31.9 Å². The lowest BCUT2D eigenvalue weighted by atomic mass is 10.0. The highest BCUT2D eigenvalue weighted by Gasteiger charge is 2.22. The van der Waals surface area contributed by atoms with Gasteiger partial charge in [-0.25, -0.2) is 0 Å². The number of hydrogen-bond acceptors (Lipinski definition) is 4. The molecule has 0 saturated carbocycles. The van der Waals surface area contributed by atoms with Gasteiger partial charge in [0.15, 0.2) is 0 Å². The average Bonchev–Trinajstić information content (AvgIpc) is 2.38. The highest BCUT2D eigenvalue weighted by Crippen LogP contribution is 2.20. The van der Waals surface area contributed by atoms with Crippen LogP contribution in [0.4, 0.5) is 0 Å². The van der Waals surface area contributed by atoms with Gasteiger partial charge in [-0.3, -0.25) is 0 Å². The normalized spacial score (nSPS) is 15.9. The average molecular weight is 280 g/mol. The van der Waals surface area contributed by atoms with E-state index < -0.39 is 5.60 Å². The molecule has 4 heteroatoms. The van der Waals surface area contributed by atoms with E-state index in [4.69, 9.17) is 4.74 Å². The highest BCUT2D eigenvalue weighted by atomic mass is 16.5. The molecule has 0 aromatic heterocycles. The van der Waals surface area contributed by atoms with E-state index in [1.54, 1.807) is 7.11 Å². The Bertz CT molecular complexity index is 388. The first-order chi connectivity index (χ1) is 9.38. The number of ether oxygens (including phenoxy) is 1. The van der Waals surface area contributed by atoms with Crippen LogP contribution >= 0.6 is 0 Å². The molecule has 2 unspecified atom stereocenters. The van der Waals surface area contributed by atoms with Gasteiger partial charge in [0, 0.05) is 19.1 Å². The Balaban J connectivity index is 2.62. The van der Waals surface area contributed by atoms with Crippen LogP contribution in [0.15, 0.2) is 24.3 Å². The summed E-state index contributed by atoms with van der Waals surface area (Å²) in [7, 11) is 5.60. The molecule has 0 heterocycles. The molecule has 2 atom stereocenters. The fourth-order valence-corrected chi connectivity index (χ4v) is 2.41. The quantitative estimate of drug-likeness (QED) is 0.765. The van der Waals surface area contributed by atoms with Crippen molar-refractivity contribution >= 4 is 0 Å². The summed E-state index contributed by atoms with van der Waals surface area (Å²) in [4.78, 5) is 2.00. The number of nitrogens with zero attached hydrogens (tertiary/aromatic N) is 1. The predicted octanol–water partition coefficient (Wildman–Crippen LogP) is 2.05. The van der Waals surface area contributed by atoms with Gasteiger partial charge in [-0.1, -0.05) is 19.1 Å². The minimum atomic E-state index is -0.733. The molecule has 0 radical (unpaired) electrons. The van der Waals surface area contributed by atoms with Crippen molar-refractivity contribution in [1.82, 2.24) is 10.2 Å². The lowest BCUT2D eigenvalue weighted by molar-refractivity contribution is 0.0311. The number of aliphatic hydroxyl groups is 1. The van der Waals surface area contributed by atoms with E-state index in [0.29, 0.717) is 13.1 Å². The molecule has 0 spiro atoms. The molecule has 114 valence electrons. The number of nitrogens with one attached hydrogen (secondary N) is 1. The maximum atomic E-state index is 10.3. The zero-order valence-electron chi connectivity index (χ0n) is 13.3. The fraction of sp³-hybridized carbons (Fsp3) is 0.625. The molecule has 0 saturated heterocycles. The molecule has 0 amide bonds. The lowest BCUT2D eigenvalue weighted by Gasteiger charge is -2.29. The molecule has 0 aliphatic rings. The van der Waals surface area contributed by atoms with E-state index in [0.717, 1.165) is 12.2 Å². The molecule has 0 bridgehead atoms. The van der Waals surface area contributed by atoms with Gasteiger partial charge >= 0.3 is 0 Å². The number of rotatable bonds is 8. The van der Waals surface area contributed by atoms with Crippen LogP contribution in [-0.2, 0) is 0 Å². The molecular weight excluding hydrogens is 252 g/mol. The third-order valence-corrected chi connectivity index (χ3v) is 3.31. The Hall–Kier alpha value is -1.10. The molecule has 4 nitrogen and oxygen atoms in total. The Morgan fingerprint density at radius 2 is 1.90 bits per heavy atom. The summed E-state index contributed by atoms with van der Waals surface area (Å²) in [6.45, 7) is 5.21. The number of methoxy groups -OCH3 is 1. The van der Waals surface area contributed by atoms with Crippen molar-refractivity contribution in [3.05, 3.63) is 29.8 Å². The summed E-state index contributed by atoms with van der Waals surface area (Å²) in [6, 6.07) is 8.32. The Labute approximate surface area is 122 Å². The first-order valence-electron chi connectivity index (χ1n) is 7.12. The molecule has 1 aromatic carbocycles. The summed E-state index contributed by atoms with van der Waals surface area (Å²) < 4.78 is 5.17. The monoisotopic (exact) mass is 280 g/mol. The number of benzene rings is 1. The van der Waals surface area contributed by atoms with Gasteiger partial charge in [-0.15, -0.1) is 0 Å². The molecule has 20 heavy (non-hydrogen) atoms. The van der Waals surface area contributed by atoms with Crippen LogP contribution in [0, 0.1) is 0 Å². The maximum absolute atomic E-state index is 10.3. The standard InChI is InChI=1S/C16H28N2O2/c1-6-15(13-7-9-14(20-5)10-8-13)17-11-16(2,19)12-18(3)4/h7-10,15,17,19H,6,11-12H2,1-5H3. The van der Waals surface area contributed by atoms with E-state index in [-0.39, 0.29) is 6.04 Å². The Morgan fingerprint density at radius 3 is 2.35 bits per heavy atom. The maximum Gasteiger partial charge on any atom is 0.118 e. The SMILES string of the molecule is CCC(NCC(C)(O)CN(C)C)c1ccc(OC)cc1. The van der Waals surface area contributed by atoms with E-state index in [1.807, 2.05) is 38.1 Å². The lowest BCUT2D eigenvalue weighted by Crippen LogP contribution is -2.46. The van der Waals surface area contributed by atoms with Gasteiger partial charge in [0.25, 0.3) is 0 Å². The van der Waals surface area contributed by atoms with Gasteiger partial charge in [-0.2, -0.15) is 0 Å². The molecule has 0 fully saturated rings. The van der Waals surface area contributed by atoms with Crippen molar-refractivity contribution in [1.29, 1.82) is 0 Å². The van der Waals surface area contributed by atoms with Crippen LogP contribution in [0.5, 0.6) is 5.75 Å². The van der Waals surface area contributed by atoms with Gasteiger partial charge in [0.2, 0.25) is 0 Å². The number of likely N-dealkylation sites (N-methyl/N-ethyl adjacent to an activating group) is 1. The topological polar surface area (TPSA) is 44.7 Å². The van der Waals surface area contributed by atoms with E-state index in [9.17, 15) is 5.11 Å². The van der Waals surface area contributed by atoms with E-state index in [1.165, 1.54) is 5.56 Å². The third-order valence-electron chi connectivity index (χ3n) is 3.31. The summed E-state index contributed by atoms with van der Waals surface area (Å²) in [5.41, 5.74) is 0.484. The van der Waals surface area contributed by atoms with Gasteiger partial charge < -0.3 is 20.1 Å². The minimum absolute atomic E-state index is 0.245. The molecule has 0 aliphatic heterocycles. The summed E-state index contributed by atoms with van der Waals surface area (Å²) in [5.74, 6) is 0.864. The molecular formula is C16H28N2O2. The van der Waals surface area contributed by atoms with Crippen LogP contribution in [0.3, 0.4) is 0 Å². The minimum Gasteiger partial charge on any atom is -0.497 e. The Morgan fingerprint density at radius 1 is 1.30 bits per heavy atom. The summed E-state index contributed by atoms with van der Waals surface area (Å²) in [6.07, 6.45) is 0.977. The van der Waals surface area contributed by atoms with Gasteiger partial charge in [0.05, 0.1) is 12.7 Å². The van der Waals surface area contributed by atoms with Crippen LogP contribution in [-0.4, -0.2) is 49.9 Å². The molecule has 0 aliphatic carbocycles. The zero-order valence-corrected chi connectivity index (χ0v) is 13.3. The second-order valence-corrected chi connectivity index (χ2v) is 5.85. The van der Waals surface area contributed by atoms with Gasteiger partial charge in [0.1, 0.15) is 5.75 Å². The molecule has 2 N–H and O–H groups in total.